The Morgan fingerprint density at radius 3 is 2.52 bits per heavy atom. The number of hydrogen-bond acceptors (Lipinski definition) is 3. The van der Waals surface area contributed by atoms with Crippen molar-refractivity contribution in [1.29, 1.82) is 0 Å². The third kappa shape index (κ3) is 6.78. The van der Waals surface area contributed by atoms with Gasteiger partial charge in [-0.1, -0.05) is 43.7 Å². The van der Waals surface area contributed by atoms with Gasteiger partial charge in [0.2, 0.25) is 0 Å². The average Bonchev–Trinajstić information content (AvgIpc) is 2.94. The second-order valence-electron chi connectivity index (χ2n) is 6.05. The lowest BCUT2D eigenvalue weighted by molar-refractivity contribution is -0.137. The highest BCUT2D eigenvalue weighted by Gasteiger charge is 2.11. The third-order valence-corrected chi connectivity index (χ3v) is 4.70. The predicted molar refractivity (Wildman–Crippen MR) is 102 cm³/mol. The standard InChI is InChI=1S/C18H23BrClN3O2/c19-16-13-14(23(22-16)18-15(20)10-8-12-21-18)9-6-4-2-1-3-5-7-11-17(24)25/h8,10,12-13H,1-7,9,11H2,(H,24,25). The Hall–Kier alpha value is -1.40. The van der Waals surface area contributed by atoms with E-state index in [9.17, 15) is 4.79 Å². The van der Waals surface area contributed by atoms with Gasteiger partial charge < -0.3 is 5.11 Å². The van der Waals surface area contributed by atoms with Crippen LogP contribution in [0.25, 0.3) is 5.82 Å². The van der Waals surface area contributed by atoms with Crippen molar-refractivity contribution in [3.63, 3.8) is 0 Å². The van der Waals surface area contributed by atoms with Gasteiger partial charge in [-0.2, -0.15) is 5.10 Å². The van der Waals surface area contributed by atoms with E-state index in [1.807, 2.05) is 12.1 Å². The molecule has 0 saturated carbocycles. The third-order valence-electron chi connectivity index (χ3n) is 4.02. The summed E-state index contributed by atoms with van der Waals surface area (Å²) in [6, 6.07) is 5.63. The summed E-state index contributed by atoms with van der Waals surface area (Å²) >= 11 is 9.66. The molecule has 0 aliphatic heterocycles. The normalized spacial score (nSPS) is 11.0. The van der Waals surface area contributed by atoms with Crippen molar-refractivity contribution < 1.29 is 9.90 Å². The van der Waals surface area contributed by atoms with Crippen LogP contribution in [0.5, 0.6) is 0 Å². The molecule has 2 heterocycles. The molecule has 0 atom stereocenters. The minimum atomic E-state index is -0.698. The minimum absolute atomic E-state index is 0.287. The Morgan fingerprint density at radius 1 is 1.16 bits per heavy atom. The highest BCUT2D eigenvalue weighted by atomic mass is 79.9. The monoisotopic (exact) mass is 427 g/mol. The number of carbonyl (C=O) groups is 1. The van der Waals surface area contributed by atoms with Crippen molar-refractivity contribution in [2.24, 2.45) is 0 Å². The topological polar surface area (TPSA) is 68.0 Å². The van der Waals surface area contributed by atoms with Crippen molar-refractivity contribution in [3.8, 4) is 5.82 Å². The van der Waals surface area contributed by atoms with E-state index >= 15 is 0 Å². The molecule has 0 radical (unpaired) electrons. The molecule has 0 unspecified atom stereocenters. The molecule has 1 N–H and O–H groups in total. The SMILES string of the molecule is O=C(O)CCCCCCCCCc1cc(Br)nn1-c1ncccc1Cl. The summed E-state index contributed by atoms with van der Waals surface area (Å²) in [5.74, 6) is -0.0425. The first-order valence-corrected chi connectivity index (χ1v) is 9.82. The summed E-state index contributed by atoms with van der Waals surface area (Å²) in [4.78, 5) is 14.8. The number of nitrogens with zero attached hydrogens (tertiary/aromatic N) is 3. The highest BCUT2D eigenvalue weighted by molar-refractivity contribution is 9.10. The van der Waals surface area contributed by atoms with Crippen LogP contribution in [0.3, 0.4) is 0 Å². The van der Waals surface area contributed by atoms with Crippen LogP contribution in [0.2, 0.25) is 5.02 Å². The quantitative estimate of drug-likeness (QED) is 0.484. The van der Waals surface area contributed by atoms with Crippen molar-refractivity contribution in [2.45, 2.75) is 57.8 Å². The molecule has 136 valence electrons. The molecule has 0 saturated heterocycles. The predicted octanol–water partition coefficient (Wildman–Crippen LogP) is 5.43. The van der Waals surface area contributed by atoms with Gasteiger partial charge in [0.05, 0.1) is 5.02 Å². The van der Waals surface area contributed by atoms with Crippen LogP contribution >= 0.6 is 27.5 Å². The van der Waals surface area contributed by atoms with Crippen LogP contribution in [-0.2, 0) is 11.2 Å². The van der Waals surface area contributed by atoms with Crippen LogP contribution in [0.1, 0.15) is 57.1 Å². The summed E-state index contributed by atoms with van der Waals surface area (Å²) in [5.41, 5.74) is 1.09. The number of carboxylic acids is 1. The summed E-state index contributed by atoms with van der Waals surface area (Å²) in [6.45, 7) is 0. The summed E-state index contributed by atoms with van der Waals surface area (Å²) in [6.07, 6.45) is 10.4. The minimum Gasteiger partial charge on any atom is -0.481 e. The van der Waals surface area contributed by atoms with E-state index in [1.165, 1.54) is 6.42 Å². The van der Waals surface area contributed by atoms with Gasteiger partial charge in [-0.25, -0.2) is 9.67 Å². The smallest absolute Gasteiger partial charge is 0.303 e. The first kappa shape index (κ1) is 19.9. The molecule has 0 aromatic carbocycles. The molecule has 0 fully saturated rings. The number of unbranched alkanes of at least 4 members (excludes halogenated alkanes) is 6. The molecule has 0 amide bonds. The van der Waals surface area contributed by atoms with Crippen LogP contribution in [0.4, 0.5) is 0 Å². The van der Waals surface area contributed by atoms with Crippen molar-refractivity contribution >= 4 is 33.5 Å². The van der Waals surface area contributed by atoms with Gasteiger partial charge in [-0.05, 0) is 53.4 Å². The van der Waals surface area contributed by atoms with Gasteiger partial charge >= 0.3 is 5.97 Å². The van der Waals surface area contributed by atoms with E-state index in [0.29, 0.717) is 10.8 Å². The molecule has 0 spiro atoms. The molecule has 0 bridgehead atoms. The lowest BCUT2D eigenvalue weighted by Crippen LogP contribution is -2.05. The van der Waals surface area contributed by atoms with E-state index < -0.39 is 5.97 Å². The average molecular weight is 429 g/mol. The molecule has 0 aliphatic carbocycles. The molecule has 2 rings (SSSR count). The van der Waals surface area contributed by atoms with Crippen LogP contribution in [0.15, 0.2) is 29.0 Å². The molecular formula is C18H23BrClN3O2. The number of rotatable bonds is 11. The summed E-state index contributed by atoms with van der Waals surface area (Å²) < 4.78 is 2.58. The van der Waals surface area contributed by atoms with Gasteiger partial charge in [0, 0.05) is 18.3 Å². The summed E-state index contributed by atoms with van der Waals surface area (Å²) in [5, 5.41) is 13.6. The number of aryl methyl sites for hydroxylation is 1. The highest BCUT2D eigenvalue weighted by Crippen LogP contribution is 2.22. The maximum absolute atomic E-state index is 10.4. The van der Waals surface area contributed by atoms with E-state index in [1.54, 1.807) is 16.9 Å². The molecule has 0 aliphatic rings. The molecule has 7 heteroatoms. The fraction of sp³-hybridized carbons (Fsp3) is 0.500. The van der Waals surface area contributed by atoms with Crippen molar-refractivity contribution in [2.75, 3.05) is 0 Å². The van der Waals surface area contributed by atoms with Gasteiger partial charge in [0.15, 0.2) is 5.82 Å². The summed E-state index contributed by atoms with van der Waals surface area (Å²) in [7, 11) is 0. The van der Waals surface area contributed by atoms with Crippen LogP contribution in [-0.4, -0.2) is 25.8 Å². The van der Waals surface area contributed by atoms with Crippen LogP contribution in [0, 0.1) is 0 Å². The molecule has 2 aromatic heterocycles. The Bertz CT molecular complexity index is 691. The Kier molecular flexibility index (Phi) is 8.41. The molecule has 2 aromatic rings. The Labute approximate surface area is 161 Å². The number of hydrogen-bond donors (Lipinski definition) is 1. The van der Waals surface area contributed by atoms with E-state index in [-0.39, 0.29) is 6.42 Å². The number of carboxylic acid groups (broad SMARTS) is 1. The maximum atomic E-state index is 10.4. The Balaban J connectivity index is 1.73. The fourth-order valence-electron chi connectivity index (χ4n) is 2.75. The van der Waals surface area contributed by atoms with E-state index in [0.717, 1.165) is 55.2 Å². The van der Waals surface area contributed by atoms with E-state index in [2.05, 4.69) is 26.0 Å². The van der Waals surface area contributed by atoms with Gasteiger partial charge in [0.25, 0.3) is 0 Å². The second kappa shape index (κ2) is 10.6. The molecule has 25 heavy (non-hydrogen) atoms. The van der Waals surface area contributed by atoms with Gasteiger partial charge in [-0.15, -0.1) is 0 Å². The number of halogens is 2. The number of pyridine rings is 1. The van der Waals surface area contributed by atoms with Crippen molar-refractivity contribution in [1.82, 2.24) is 14.8 Å². The van der Waals surface area contributed by atoms with Crippen molar-refractivity contribution in [3.05, 3.63) is 39.7 Å². The Morgan fingerprint density at radius 2 is 1.84 bits per heavy atom. The van der Waals surface area contributed by atoms with Crippen LogP contribution < -0.4 is 0 Å². The first-order valence-electron chi connectivity index (χ1n) is 8.65. The lowest BCUT2D eigenvalue weighted by atomic mass is 10.1. The molecular weight excluding hydrogens is 406 g/mol. The zero-order valence-corrected chi connectivity index (χ0v) is 16.5. The zero-order chi connectivity index (χ0) is 18.1. The second-order valence-corrected chi connectivity index (χ2v) is 7.27. The number of aliphatic carboxylic acids is 1. The van der Waals surface area contributed by atoms with Gasteiger partial charge in [0.1, 0.15) is 4.60 Å². The van der Waals surface area contributed by atoms with Gasteiger partial charge in [-0.3, -0.25) is 4.79 Å². The number of aromatic nitrogens is 3. The first-order chi connectivity index (χ1) is 12.1. The fourth-order valence-corrected chi connectivity index (χ4v) is 3.37. The largest absolute Gasteiger partial charge is 0.481 e. The maximum Gasteiger partial charge on any atom is 0.303 e. The lowest BCUT2D eigenvalue weighted by Gasteiger charge is -2.08. The van der Waals surface area contributed by atoms with E-state index in [4.69, 9.17) is 16.7 Å². The zero-order valence-electron chi connectivity index (χ0n) is 14.1. The molecule has 5 nitrogen and oxygen atoms in total.